The van der Waals surface area contributed by atoms with Gasteiger partial charge in [0.1, 0.15) is 0 Å². The molecule has 0 fully saturated rings. The number of hydrogen-bond acceptors (Lipinski definition) is 4. The van der Waals surface area contributed by atoms with Gasteiger partial charge in [0.2, 0.25) is 5.91 Å². The van der Waals surface area contributed by atoms with Gasteiger partial charge in [0.25, 0.3) is 0 Å². The zero-order valence-corrected chi connectivity index (χ0v) is 11.0. The molecular formula is C11H17N5O4. The maximum absolute atomic E-state index is 11.3. The molecule has 0 atom stereocenters. The number of imidazole rings is 1. The monoisotopic (exact) mass is 283 g/mol. The maximum atomic E-state index is 11.3. The number of urea groups is 1. The standard InChI is InChI=1S/C11H17N5O4/c1-12-9(17)2-3-13-11(20)14-4-5-16-6-8(10(18)19)15-7-16/h6-7H,2-5H2,1H3,(H,12,17)(H,18,19)(H2,13,14,20). The summed E-state index contributed by atoms with van der Waals surface area (Å²) in [6.45, 7) is 0.976. The molecule has 1 aromatic heterocycles. The van der Waals surface area contributed by atoms with Gasteiger partial charge >= 0.3 is 12.0 Å². The van der Waals surface area contributed by atoms with Crippen LogP contribution in [0.15, 0.2) is 12.5 Å². The van der Waals surface area contributed by atoms with Crippen LogP contribution in [0, 0.1) is 0 Å². The topological polar surface area (TPSA) is 125 Å². The van der Waals surface area contributed by atoms with Crippen molar-refractivity contribution in [1.82, 2.24) is 25.5 Å². The molecule has 0 aliphatic carbocycles. The first-order chi connectivity index (χ1) is 9.52. The summed E-state index contributed by atoms with van der Waals surface area (Å²) in [6.07, 6.45) is 2.98. The number of nitrogens with one attached hydrogen (secondary N) is 3. The molecule has 0 saturated heterocycles. The highest BCUT2D eigenvalue weighted by atomic mass is 16.4. The Morgan fingerprint density at radius 2 is 2.00 bits per heavy atom. The zero-order valence-electron chi connectivity index (χ0n) is 11.0. The molecule has 1 aromatic rings. The fourth-order valence-corrected chi connectivity index (χ4v) is 1.37. The molecular weight excluding hydrogens is 266 g/mol. The van der Waals surface area contributed by atoms with Crippen molar-refractivity contribution in [3.8, 4) is 0 Å². The van der Waals surface area contributed by atoms with Crippen molar-refractivity contribution in [3.63, 3.8) is 0 Å². The predicted octanol–water partition coefficient (Wildman–Crippen LogP) is -0.983. The van der Waals surface area contributed by atoms with Gasteiger partial charge in [-0.05, 0) is 0 Å². The molecule has 0 aliphatic rings. The third-order valence-electron chi connectivity index (χ3n) is 2.42. The third-order valence-corrected chi connectivity index (χ3v) is 2.42. The Morgan fingerprint density at radius 1 is 1.30 bits per heavy atom. The van der Waals surface area contributed by atoms with Crippen molar-refractivity contribution in [2.24, 2.45) is 0 Å². The van der Waals surface area contributed by atoms with Gasteiger partial charge in [0, 0.05) is 39.3 Å². The Hall–Kier alpha value is -2.58. The van der Waals surface area contributed by atoms with Crippen molar-refractivity contribution in [2.75, 3.05) is 20.1 Å². The minimum Gasteiger partial charge on any atom is -0.476 e. The largest absolute Gasteiger partial charge is 0.476 e. The van der Waals surface area contributed by atoms with E-state index in [4.69, 9.17) is 5.11 Å². The lowest BCUT2D eigenvalue weighted by molar-refractivity contribution is -0.120. The Balaban J connectivity index is 2.18. The molecule has 0 spiro atoms. The number of carboxylic acids is 1. The predicted molar refractivity (Wildman–Crippen MR) is 69.3 cm³/mol. The number of nitrogens with zero attached hydrogens (tertiary/aromatic N) is 2. The fourth-order valence-electron chi connectivity index (χ4n) is 1.37. The highest BCUT2D eigenvalue weighted by Crippen LogP contribution is 1.95. The summed E-state index contributed by atoms with van der Waals surface area (Å²) in [5, 5.41) is 16.2. The molecule has 0 unspecified atom stereocenters. The number of aromatic carboxylic acids is 1. The van der Waals surface area contributed by atoms with Crippen LogP contribution in [0.1, 0.15) is 16.9 Å². The smallest absolute Gasteiger partial charge is 0.356 e. The number of hydrogen-bond donors (Lipinski definition) is 4. The van der Waals surface area contributed by atoms with Crippen LogP contribution in [-0.4, -0.2) is 52.7 Å². The van der Waals surface area contributed by atoms with Crippen molar-refractivity contribution in [2.45, 2.75) is 13.0 Å². The van der Waals surface area contributed by atoms with E-state index in [1.54, 1.807) is 4.57 Å². The van der Waals surface area contributed by atoms with Crippen molar-refractivity contribution < 1.29 is 19.5 Å². The Kier molecular flexibility index (Phi) is 6.01. The van der Waals surface area contributed by atoms with E-state index < -0.39 is 5.97 Å². The second-order valence-corrected chi connectivity index (χ2v) is 3.91. The van der Waals surface area contributed by atoms with E-state index in [1.807, 2.05) is 0 Å². The van der Waals surface area contributed by atoms with Crippen LogP contribution in [0.2, 0.25) is 0 Å². The van der Waals surface area contributed by atoms with Crippen LogP contribution < -0.4 is 16.0 Å². The Labute approximate surface area is 115 Å². The summed E-state index contributed by atoms with van der Waals surface area (Å²) in [4.78, 5) is 36.5. The zero-order chi connectivity index (χ0) is 15.0. The number of aromatic nitrogens is 2. The first-order valence-corrected chi connectivity index (χ1v) is 6.00. The first-order valence-electron chi connectivity index (χ1n) is 6.00. The van der Waals surface area contributed by atoms with Crippen LogP contribution in [0.3, 0.4) is 0 Å². The van der Waals surface area contributed by atoms with E-state index in [2.05, 4.69) is 20.9 Å². The minimum atomic E-state index is -1.09. The molecule has 9 nitrogen and oxygen atoms in total. The molecule has 0 aliphatic heterocycles. The fraction of sp³-hybridized carbons (Fsp3) is 0.455. The SMILES string of the molecule is CNC(=O)CCNC(=O)NCCn1cnc(C(=O)O)c1. The molecule has 0 radical (unpaired) electrons. The van der Waals surface area contributed by atoms with Crippen LogP contribution in [0.5, 0.6) is 0 Å². The van der Waals surface area contributed by atoms with Gasteiger partial charge in [-0.25, -0.2) is 14.6 Å². The summed E-state index contributed by atoms with van der Waals surface area (Å²) >= 11 is 0. The maximum Gasteiger partial charge on any atom is 0.356 e. The van der Waals surface area contributed by atoms with E-state index >= 15 is 0 Å². The minimum absolute atomic E-state index is 0.0416. The molecule has 3 amide bonds. The van der Waals surface area contributed by atoms with Gasteiger partial charge in [-0.2, -0.15) is 0 Å². The van der Waals surface area contributed by atoms with Crippen LogP contribution in [0.4, 0.5) is 4.79 Å². The van der Waals surface area contributed by atoms with Crippen LogP contribution in [-0.2, 0) is 11.3 Å². The molecule has 110 valence electrons. The molecule has 9 heteroatoms. The van der Waals surface area contributed by atoms with E-state index in [-0.39, 0.29) is 30.6 Å². The van der Waals surface area contributed by atoms with Crippen LogP contribution in [0.25, 0.3) is 0 Å². The van der Waals surface area contributed by atoms with E-state index in [9.17, 15) is 14.4 Å². The van der Waals surface area contributed by atoms with Gasteiger partial charge in [-0.1, -0.05) is 0 Å². The first kappa shape index (κ1) is 15.5. The third kappa shape index (κ3) is 5.38. The van der Waals surface area contributed by atoms with Gasteiger partial charge in [0.15, 0.2) is 5.69 Å². The molecule has 1 heterocycles. The Bertz CT molecular complexity index is 485. The van der Waals surface area contributed by atoms with Crippen molar-refractivity contribution in [1.29, 1.82) is 0 Å². The average molecular weight is 283 g/mol. The molecule has 0 bridgehead atoms. The van der Waals surface area contributed by atoms with E-state index in [1.165, 1.54) is 19.6 Å². The van der Waals surface area contributed by atoms with Crippen molar-refractivity contribution >= 4 is 17.9 Å². The summed E-state index contributed by atoms with van der Waals surface area (Å²) in [5.74, 6) is -1.24. The molecule has 0 aromatic carbocycles. The number of carboxylic acid groups (broad SMARTS) is 1. The lowest BCUT2D eigenvalue weighted by Gasteiger charge is -2.07. The van der Waals surface area contributed by atoms with E-state index in [0.717, 1.165) is 0 Å². The van der Waals surface area contributed by atoms with Gasteiger partial charge in [-0.3, -0.25) is 4.79 Å². The van der Waals surface area contributed by atoms with Gasteiger partial charge in [0.05, 0.1) is 6.33 Å². The summed E-state index contributed by atoms with van der Waals surface area (Å²) in [6, 6.07) is -0.382. The average Bonchev–Trinajstić information content (AvgIpc) is 2.87. The second kappa shape index (κ2) is 7.77. The normalized spacial score (nSPS) is 9.85. The number of carbonyl (C=O) groups is 3. The van der Waals surface area contributed by atoms with E-state index in [0.29, 0.717) is 13.1 Å². The van der Waals surface area contributed by atoms with Gasteiger partial charge in [-0.15, -0.1) is 0 Å². The van der Waals surface area contributed by atoms with Crippen LogP contribution >= 0.6 is 0 Å². The Morgan fingerprint density at radius 3 is 2.60 bits per heavy atom. The number of rotatable bonds is 7. The molecule has 0 saturated carbocycles. The lowest BCUT2D eigenvalue weighted by atomic mass is 10.4. The summed E-state index contributed by atoms with van der Waals surface area (Å²) in [5.41, 5.74) is -0.0416. The molecule has 4 N–H and O–H groups in total. The highest BCUT2D eigenvalue weighted by Gasteiger charge is 2.06. The molecule has 1 rings (SSSR count). The number of carbonyl (C=O) groups excluding carboxylic acids is 2. The van der Waals surface area contributed by atoms with Gasteiger partial charge < -0.3 is 25.6 Å². The lowest BCUT2D eigenvalue weighted by Crippen LogP contribution is -2.38. The number of amides is 3. The molecule has 20 heavy (non-hydrogen) atoms. The summed E-state index contributed by atoms with van der Waals surface area (Å²) in [7, 11) is 1.53. The highest BCUT2D eigenvalue weighted by molar-refractivity contribution is 5.84. The summed E-state index contributed by atoms with van der Waals surface area (Å²) < 4.78 is 1.56. The second-order valence-electron chi connectivity index (χ2n) is 3.91. The quantitative estimate of drug-likeness (QED) is 0.511. The van der Waals surface area contributed by atoms with Crippen molar-refractivity contribution in [3.05, 3.63) is 18.2 Å².